The first-order chi connectivity index (χ1) is 9.68. The monoisotopic (exact) mass is 285 g/mol. The smallest absolute Gasteiger partial charge is 0.199 e. The lowest BCUT2D eigenvalue weighted by atomic mass is 9.99. The van der Waals surface area contributed by atoms with Crippen LogP contribution >= 0.6 is 11.6 Å². The zero-order valence-electron chi connectivity index (χ0n) is 10.3. The van der Waals surface area contributed by atoms with Gasteiger partial charge in [0.25, 0.3) is 0 Å². The van der Waals surface area contributed by atoms with E-state index in [9.17, 15) is 9.18 Å². The van der Waals surface area contributed by atoms with Gasteiger partial charge in [0.05, 0.1) is 10.6 Å². The van der Waals surface area contributed by atoms with E-state index in [0.717, 1.165) is 10.8 Å². The van der Waals surface area contributed by atoms with Crippen LogP contribution in [-0.2, 0) is 0 Å². The number of rotatable bonds is 2. The van der Waals surface area contributed by atoms with Crippen molar-refractivity contribution in [2.24, 2.45) is 0 Å². The number of carbonyl (C=O) groups is 1. The molecule has 0 amide bonds. The van der Waals surface area contributed by atoms with Gasteiger partial charge in [-0.15, -0.1) is 0 Å². The highest BCUT2D eigenvalue weighted by Gasteiger charge is 2.19. The number of nitrogens with zero attached hydrogens (tertiary/aromatic N) is 1. The molecule has 0 spiro atoms. The number of halogens is 2. The van der Waals surface area contributed by atoms with Gasteiger partial charge in [0.15, 0.2) is 5.78 Å². The highest BCUT2D eigenvalue weighted by molar-refractivity contribution is 6.35. The summed E-state index contributed by atoms with van der Waals surface area (Å²) in [6, 6.07) is 11.5. The van der Waals surface area contributed by atoms with Gasteiger partial charge in [0.2, 0.25) is 0 Å². The molecule has 4 heteroatoms. The Labute approximate surface area is 119 Å². The second-order valence-corrected chi connectivity index (χ2v) is 4.74. The van der Waals surface area contributed by atoms with Gasteiger partial charge in [0.1, 0.15) is 5.82 Å². The first kappa shape index (κ1) is 12.8. The molecule has 98 valence electrons. The lowest BCUT2D eigenvalue weighted by Gasteiger charge is -2.07. The molecule has 2 nitrogen and oxygen atoms in total. The molecule has 2 aromatic carbocycles. The van der Waals surface area contributed by atoms with E-state index in [0.29, 0.717) is 5.56 Å². The van der Waals surface area contributed by atoms with Crippen LogP contribution in [0.5, 0.6) is 0 Å². The van der Waals surface area contributed by atoms with Gasteiger partial charge < -0.3 is 0 Å². The maximum atomic E-state index is 13.9. The largest absolute Gasteiger partial charge is 0.288 e. The Morgan fingerprint density at radius 3 is 2.65 bits per heavy atom. The van der Waals surface area contributed by atoms with Gasteiger partial charge in [-0.1, -0.05) is 41.9 Å². The summed E-state index contributed by atoms with van der Waals surface area (Å²) in [4.78, 5) is 16.6. The summed E-state index contributed by atoms with van der Waals surface area (Å²) in [6.45, 7) is 0. The highest BCUT2D eigenvalue weighted by Crippen LogP contribution is 2.25. The molecule has 0 aliphatic rings. The molecule has 20 heavy (non-hydrogen) atoms. The van der Waals surface area contributed by atoms with E-state index in [4.69, 9.17) is 11.6 Å². The van der Waals surface area contributed by atoms with Crippen LogP contribution in [0.3, 0.4) is 0 Å². The third-order valence-electron chi connectivity index (χ3n) is 3.10. The molecule has 0 saturated heterocycles. The van der Waals surface area contributed by atoms with Crippen LogP contribution in [0.25, 0.3) is 10.8 Å². The van der Waals surface area contributed by atoms with Crippen molar-refractivity contribution in [3.8, 4) is 0 Å². The summed E-state index contributed by atoms with van der Waals surface area (Å²) in [5, 5.41) is 1.65. The van der Waals surface area contributed by atoms with Gasteiger partial charge >= 0.3 is 0 Å². The van der Waals surface area contributed by atoms with Gasteiger partial charge in [-0.3, -0.25) is 9.78 Å². The van der Waals surface area contributed by atoms with Crippen molar-refractivity contribution in [3.63, 3.8) is 0 Å². The molecular weight excluding hydrogens is 277 g/mol. The SMILES string of the molecule is O=C(c1c(F)cccc1Cl)c1cncc2ccccc12. The Kier molecular flexibility index (Phi) is 3.20. The normalized spacial score (nSPS) is 10.7. The van der Waals surface area contributed by atoms with Gasteiger partial charge in [0, 0.05) is 23.3 Å². The Balaban J connectivity index is 2.24. The fraction of sp³-hybridized carbons (Fsp3) is 0. The zero-order chi connectivity index (χ0) is 14.1. The minimum Gasteiger partial charge on any atom is -0.288 e. The maximum Gasteiger partial charge on any atom is 0.199 e. The van der Waals surface area contributed by atoms with E-state index in [2.05, 4.69) is 4.98 Å². The van der Waals surface area contributed by atoms with Crippen molar-refractivity contribution >= 4 is 28.2 Å². The van der Waals surface area contributed by atoms with E-state index in [1.165, 1.54) is 24.4 Å². The predicted octanol–water partition coefficient (Wildman–Crippen LogP) is 4.26. The summed E-state index contributed by atoms with van der Waals surface area (Å²) < 4.78 is 13.9. The lowest BCUT2D eigenvalue weighted by Crippen LogP contribution is -2.06. The Bertz CT molecular complexity index is 791. The number of hydrogen-bond acceptors (Lipinski definition) is 2. The third kappa shape index (κ3) is 2.06. The fourth-order valence-electron chi connectivity index (χ4n) is 2.15. The average Bonchev–Trinajstić information content (AvgIpc) is 2.46. The second-order valence-electron chi connectivity index (χ2n) is 4.33. The van der Waals surface area contributed by atoms with E-state index >= 15 is 0 Å². The van der Waals surface area contributed by atoms with Crippen molar-refractivity contribution in [3.05, 3.63) is 76.8 Å². The van der Waals surface area contributed by atoms with Crippen LogP contribution in [-0.4, -0.2) is 10.8 Å². The quantitative estimate of drug-likeness (QED) is 0.659. The fourth-order valence-corrected chi connectivity index (χ4v) is 2.40. The topological polar surface area (TPSA) is 30.0 Å². The molecule has 1 heterocycles. The number of benzene rings is 2. The van der Waals surface area contributed by atoms with E-state index in [1.54, 1.807) is 12.3 Å². The number of aromatic nitrogens is 1. The Hall–Kier alpha value is -2.26. The van der Waals surface area contributed by atoms with Crippen molar-refractivity contribution in [1.29, 1.82) is 0 Å². The van der Waals surface area contributed by atoms with Crippen LogP contribution in [0, 0.1) is 5.82 Å². The number of carbonyl (C=O) groups excluding carboxylic acids is 1. The molecule has 3 aromatic rings. The number of hydrogen-bond donors (Lipinski definition) is 0. The number of ketones is 1. The predicted molar refractivity (Wildman–Crippen MR) is 76.6 cm³/mol. The van der Waals surface area contributed by atoms with Crippen LogP contribution < -0.4 is 0 Å². The molecule has 0 bridgehead atoms. The summed E-state index contributed by atoms with van der Waals surface area (Å²) >= 11 is 5.94. The van der Waals surface area contributed by atoms with Crippen molar-refractivity contribution < 1.29 is 9.18 Å². The highest BCUT2D eigenvalue weighted by atomic mass is 35.5. The molecule has 0 N–H and O–H groups in total. The minimum absolute atomic E-state index is 0.0999. The maximum absolute atomic E-state index is 13.9. The van der Waals surface area contributed by atoms with E-state index in [-0.39, 0.29) is 10.6 Å². The molecule has 0 unspecified atom stereocenters. The summed E-state index contributed by atoms with van der Waals surface area (Å²) in [7, 11) is 0. The standard InChI is InChI=1S/C16H9ClFNO/c17-13-6-3-7-14(18)15(13)16(20)12-9-19-8-10-4-1-2-5-11(10)12/h1-9H. The molecule has 0 atom stereocenters. The summed E-state index contributed by atoms with van der Waals surface area (Å²) in [5.41, 5.74) is 0.224. The van der Waals surface area contributed by atoms with Crippen LogP contribution in [0.4, 0.5) is 4.39 Å². The molecule has 0 saturated carbocycles. The van der Waals surface area contributed by atoms with E-state index < -0.39 is 11.6 Å². The van der Waals surface area contributed by atoms with Gasteiger partial charge in [-0.05, 0) is 17.5 Å². The second kappa shape index (κ2) is 5.02. The number of pyridine rings is 1. The van der Waals surface area contributed by atoms with Crippen LogP contribution in [0.2, 0.25) is 5.02 Å². The van der Waals surface area contributed by atoms with Gasteiger partial charge in [-0.25, -0.2) is 4.39 Å². The zero-order valence-corrected chi connectivity index (χ0v) is 11.1. The van der Waals surface area contributed by atoms with Crippen molar-refractivity contribution in [1.82, 2.24) is 4.98 Å². The van der Waals surface area contributed by atoms with E-state index in [1.807, 2.05) is 18.2 Å². The minimum atomic E-state index is -0.629. The van der Waals surface area contributed by atoms with Crippen LogP contribution in [0.15, 0.2) is 54.9 Å². The third-order valence-corrected chi connectivity index (χ3v) is 3.42. The Morgan fingerprint density at radius 1 is 1.05 bits per heavy atom. The molecule has 0 fully saturated rings. The molecule has 1 aromatic heterocycles. The van der Waals surface area contributed by atoms with Gasteiger partial charge in [-0.2, -0.15) is 0 Å². The Morgan fingerprint density at radius 2 is 1.85 bits per heavy atom. The first-order valence-electron chi connectivity index (χ1n) is 6.00. The molecule has 0 aliphatic heterocycles. The average molecular weight is 286 g/mol. The molecule has 0 aliphatic carbocycles. The first-order valence-corrected chi connectivity index (χ1v) is 6.38. The number of fused-ring (bicyclic) bond motifs is 1. The molecule has 0 radical (unpaired) electrons. The molecule has 3 rings (SSSR count). The summed E-state index contributed by atoms with van der Waals surface area (Å²) in [6.07, 6.45) is 3.10. The van der Waals surface area contributed by atoms with Crippen molar-refractivity contribution in [2.45, 2.75) is 0 Å². The van der Waals surface area contributed by atoms with Crippen molar-refractivity contribution in [2.75, 3.05) is 0 Å². The van der Waals surface area contributed by atoms with Crippen LogP contribution in [0.1, 0.15) is 15.9 Å². The lowest BCUT2D eigenvalue weighted by molar-refractivity contribution is 0.103. The molecular formula is C16H9ClFNO. The summed E-state index contributed by atoms with van der Waals surface area (Å²) in [5.74, 6) is -1.09.